The van der Waals surface area contributed by atoms with Gasteiger partial charge in [0.15, 0.2) is 0 Å². The molecule has 2 heterocycles. The minimum absolute atomic E-state index is 0.0487. The maximum absolute atomic E-state index is 12.9. The van der Waals surface area contributed by atoms with Gasteiger partial charge >= 0.3 is 0 Å². The number of ether oxygens (including phenoxy) is 1. The van der Waals surface area contributed by atoms with Gasteiger partial charge in [0.2, 0.25) is 17.7 Å². The largest absolute Gasteiger partial charge is 0.363 e. The Hall–Kier alpha value is -1.24. The summed E-state index contributed by atoms with van der Waals surface area (Å²) in [7, 11) is 0. The van der Waals surface area contributed by atoms with E-state index in [0.29, 0.717) is 25.9 Å². The van der Waals surface area contributed by atoms with Gasteiger partial charge in [0.1, 0.15) is 6.61 Å². The van der Waals surface area contributed by atoms with Gasteiger partial charge in [0.05, 0.1) is 11.6 Å². The monoisotopic (exact) mass is 302 g/mol. The smallest absolute Gasteiger partial charge is 0.249 e. The fourth-order valence-corrected chi connectivity index (χ4v) is 3.53. The third-order valence-corrected chi connectivity index (χ3v) is 5.02. The molecule has 3 fully saturated rings. The minimum atomic E-state index is -2.66. The summed E-state index contributed by atoms with van der Waals surface area (Å²) >= 11 is 0. The summed E-state index contributed by atoms with van der Waals surface area (Å²) in [5, 5.41) is 2.87. The predicted octanol–water partition coefficient (Wildman–Crippen LogP) is 0.928. The summed E-state index contributed by atoms with van der Waals surface area (Å²) in [4.78, 5) is 25.1. The third kappa shape index (κ3) is 2.63. The lowest BCUT2D eigenvalue weighted by atomic mass is 9.79. The molecular weight excluding hydrogens is 282 g/mol. The molecule has 0 aromatic carbocycles. The molecule has 5 nitrogen and oxygen atoms in total. The van der Waals surface area contributed by atoms with E-state index < -0.39 is 17.4 Å². The molecule has 0 aromatic heterocycles. The first kappa shape index (κ1) is 14.7. The number of rotatable bonds is 1. The molecule has 1 unspecified atom stereocenters. The van der Waals surface area contributed by atoms with Gasteiger partial charge in [-0.15, -0.1) is 0 Å². The molecule has 1 saturated carbocycles. The van der Waals surface area contributed by atoms with Crippen LogP contribution in [0.25, 0.3) is 0 Å². The lowest BCUT2D eigenvalue weighted by Crippen LogP contribution is -2.63. The molecular formula is C14H20F2N2O3. The van der Waals surface area contributed by atoms with Crippen LogP contribution in [-0.2, 0) is 14.3 Å². The highest BCUT2D eigenvalue weighted by molar-refractivity contribution is 5.80. The predicted molar refractivity (Wildman–Crippen MR) is 69.8 cm³/mol. The van der Waals surface area contributed by atoms with Crippen LogP contribution in [0.3, 0.4) is 0 Å². The first-order valence-corrected chi connectivity index (χ1v) is 7.41. The fraction of sp³-hybridized carbons (Fsp3) is 0.857. The summed E-state index contributed by atoms with van der Waals surface area (Å²) in [5.41, 5.74) is -0.422. The molecule has 2 amide bonds. The Morgan fingerprint density at radius 1 is 1.33 bits per heavy atom. The van der Waals surface area contributed by atoms with Crippen molar-refractivity contribution in [3.05, 3.63) is 0 Å². The summed E-state index contributed by atoms with van der Waals surface area (Å²) in [5.74, 6) is -3.48. The van der Waals surface area contributed by atoms with E-state index in [2.05, 4.69) is 5.32 Å². The van der Waals surface area contributed by atoms with E-state index in [1.165, 1.54) is 0 Å². The van der Waals surface area contributed by atoms with E-state index in [9.17, 15) is 18.4 Å². The number of morpholine rings is 1. The Bertz CT molecular complexity index is 453. The zero-order valence-corrected chi connectivity index (χ0v) is 12.0. The highest BCUT2D eigenvalue weighted by Gasteiger charge is 2.51. The van der Waals surface area contributed by atoms with Crippen molar-refractivity contribution in [3.8, 4) is 0 Å². The Kier molecular flexibility index (Phi) is 3.43. The van der Waals surface area contributed by atoms with Crippen LogP contribution in [0, 0.1) is 5.92 Å². The van der Waals surface area contributed by atoms with E-state index in [1.54, 1.807) is 4.90 Å². The van der Waals surface area contributed by atoms with Crippen LogP contribution < -0.4 is 5.32 Å². The van der Waals surface area contributed by atoms with Gasteiger partial charge in [-0.1, -0.05) is 0 Å². The van der Waals surface area contributed by atoms with Crippen molar-refractivity contribution < 1.29 is 23.1 Å². The Balaban J connectivity index is 1.56. The van der Waals surface area contributed by atoms with Crippen LogP contribution in [0.15, 0.2) is 0 Å². The normalized spacial score (nSPS) is 31.7. The molecule has 1 aliphatic carbocycles. The fourth-order valence-electron chi connectivity index (χ4n) is 3.53. The van der Waals surface area contributed by atoms with Gasteiger partial charge in [0.25, 0.3) is 0 Å². The van der Waals surface area contributed by atoms with E-state index in [4.69, 9.17) is 4.74 Å². The van der Waals surface area contributed by atoms with Gasteiger partial charge in [-0.2, -0.15) is 0 Å². The molecule has 118 valence electrons. The van der Waals surface area contributed by atoms with Crippen molar-refractivity contribution in [3.63, 3.8) is 0 Å². The lowest BCUT2D eigenvalue weighted by molar-refractivity contribution is -0.172. The van der Waals surface area contributed by atoms with Crippen molar-refractivity contribution in [1.82, 2.24) is 10.2 Å². The number of nitrogens with zero attached hydrogens (tertiary/aromatic N) is 1. The average Bonchev–Trinajstić information content (AvgIpc) is 2.41. The van der Waals surface area contributed by atoms with E-state index in [1.807, 2.05) is 6.92 Å². The zero-order chi connectivity index (χ0) is 15.3. The molecule has 2 aliphatic heterocycles. The maximum atomic E-state index is 12.9. The SMILES string of the molecule is CC1NC(=O)COC12CCN(C(=O)C1CC(F)(F)C1)CC2. The Labute approximate surface area is 122 Å². The summed E-state index contributed by atoms with van der Waals surface area (Å²) in [6.07, 6.45) is 0.611. The van der Waals surface area contributed by atoms with Crippen molar-refractivity contribution in [2.45, 2.75) is 50.2 Å². The van der Waals surface area contributed by atoms with Crippen molar-refractivity contribution in [2.24, 2.45) is 5.92 Å². The zero-order valence-electron chi connectivity index (χ0n) is 12.0. The molecule has 0 aromatic rings. The highest BCUT2D eigenvalue weighted by atomic mass is 19.3. The molecule has 1 N–H and O–H groups in total. The van der Waals surface area contributed by atoms with Crippen LogP contribution in [0.4, 0.5) is 8.78 Å². The second-order valence-corrected chi connectivity index (χ2v) is 6.43. The molecule has 1 atom stereocenters. The number of hydrogen-bond donors (Lipinski definition) is 1. The van der Waals surface area contributed by atoms with Crippen molar-refractivity contribution in [1.29, 1.82) is 0 Å². The van der Waals surface area contributed by atoms with E-state index >= 15 is 0 Å². The molecule has 3 aliphatic rings. The minimum Gasteiger partial charge on any atom is -0.363 e. The topological polar surface area (TPSA) is 58.6 Å². The number of carbonyl (C=O) groups is 2. The molecule has 0 radical (unpaired) electrons. The standard InChI is InChI=1S/C14H20F2N2O3/c1-9-13(21-8-11(19)17-9)2-4-18(5-3-13)12(20)10-6-14(15,16)7-10/h9-10H,2-8H2,1H3,(H,17,19). The number of amides is 2. The van der Waals surface area contributed by atoms with E-state index in [0.717, 1.165) is 0 Å². The summed E-state index contributed by atoms with van der Waals surface area (Å²) < 4.78 is 31.4. The Morgan fingerprint density at radius 2 is 1.95 bits per heavy atom. The molecule has 0 bridgehead atoms. The van der Waals surface area contributed by atoms with Gasteiger partial charge in [-0.3, -0.25) is 9.59 Å². The van der Waals surface area contributed by atoms with Crippen LogP contribution in [0.2, 0.25) is 0 Å². The summed E-state index contributed by atoms with van der Waals surface area (Å²) in [6, 6.07) is -0.0935. The molecule has 2 saturated heterocycles. The van der Waals surface area contributed by atoms with Crippen LogP contribution in [0.5, 0.6) is 0 Å². The van der Waals surface area contributed by atoms with E-state index in [-0.39, 0.29) is 37.3 Å². The number of nitrogens with one attached hydrogen (secondary N) is 1. The van der Waals surface area contributed by atoms with Crippen molar-refractivity contribution in [2.75, 3.05) is 19.7 Å². The first-order chi connectivity index (χ1) is 9.81. The lowest BCUT2D eigenvalue weighted by Gasteiger charge is -2.48. The first-order valence-electron chi connectivity index (χ1n) is 7.41. The van der Waals surface area contributed by atoms with Gasteiger partial charge in [0, 0.05) is 31.8 Å². The van der Waals surface area contributed by atoms with Gasteiger partial charge in [-0.05, 0) is 19.8 Å². The van der Waals surface area contributed by atoms with Gasteiger partial charge < -0.3 is 15.0 Å². The second kappa shape index (κ2) is 4.90. The molecule has 21 heavy (non-hydrogen) atoms. The Morgan fingerprint density at radius 3 is 2.48 bits per heavy atom. The number of hydrogen-bond acceptors (Lipinski definition) is 3. The molecule has 7 heteroatoms. The molecule has 3 rings (SSSR count). The number of piperidine rings is 1. The second-order valence-electron chi connectivity index (χ2n) is 6.43. The maximum Gasteiger partial charge on any atom is 0.249 e. The number of likely N-dealkylation sites (tertiary alicyclic amines) is 1. The number of halogens is 2. The number of carbonyl (C=O) groups excluding carboxylic acids is 2. The average molecular weight is 302 g/mol. The van der Waals surface area contributed by atoms with Crippen LogP contribution in [0.1, 0.15) is 32.6 Å². The highest BCUT2D eigenvalue weighted by Crippen LogP contribution is 2.44. The molecule has 1 spiro atoms. The van der Waals surface area contributed by atoms with Crippen molar-refractivity contribution >= 4 is 11.8 Å². The van der Waals surface area contributed by atoms with Gasteiger partial charge in [-0.25, -0.2) is 8.78 Å². The van der Waals surface area contributed by atoms with Crippen LogP contribution >= 0.6 is 0 Å². The third-order valence-electron chi connectivity index (χ3n) is 5.02. The number of alkyl halides is 2. The summed E-state index contributed by atoms with van der Waals surface area (Å²) in [6.45, 7) is 2.95. The van der Waals surface area contributed by atoms with Crippen LogP contribution in [-0.4, -0.2) is 54.0 Å². The quantitative estimate of drug-likeness (QED) is 0.784.